The van der Waals surface area contributed by atoms with Gasteiger partial charge in [0.2, 0.25) is 17.7 Å². The van der Waals surface area contributed by atoms with E-state index in [2.05, 4.69) is 10.3 Å². The Kier molecular flexibility index (Phi) is 7.63. The summed E-state index contributed by atoms with van der Waals surface area (Å²) in [5.41, 5.74) is 7.75. The molecule has 4 atom stereocenters. The third-order valence-electron chi connectivity index (χ3n) is 7.38. The van der Waals surface area contributed by atoms with Crippen LogP contribution in [0.3, 0.4) is 0 Å². The van der Waals surface area contributed by atoms with Gasteiger partial charge >= 0.3 is 5.97 Å². The average molecular weight is 498 g/mol. The van der Waals surface area contributed by atoms with E-state index in [0.717, 1.165) is 16.5 Å². The number of carboxylic acid groups (broad SMARTS) is 1. The first kappa shape index (κ1) is 25.7. The van der Waals surface area contributed by atoms with Crippen LogP contribution < -0.4 is 11.1 Å². The van der Waals surface area contributed by atoms with Crippen LogP contribution in [0.2, 0.25) is 0 Å². The Hall–Kier alpha value is -3.40. The van der Waals surface area contributed by atoms with Gasteiger partial charge in [-0.05, 0) is 43.2 Å². The second-order valence-electron chi connectivity index (χ2n) is 10.1. The lowest BCUT2D eigenvalue weighted by molar-refractivity contribution is -0.148. The Bertz CT molecular complexity index is 1140. The zero-order chi connectivity index (χ0) is 26.0. The molecule has 2 aliphatic heterocycles. The lowest BCUT2D eigenvalue weighted by atomic mass is 10.0. The van der Waals surface area contributed by atoms with E-state index in [1.54, 1.807) is 11.1 Å². The van der Waals surface area contributed by atoms with E-state index in [4.69, 9.17) is 5.73 Å². The van der Waals surface area contributed by atoms with E-state index < -0.39 is 36.0 Å². The first-order valence-electron chi connectivity index (χ1n) is 12.6. The number of nitrogens with zero attached hydrogens (tertiary/aromatic N) is 2. The third kappa shape index (κ3) is 5.09. The van der Waals surface area contributed by atoms with Gasteiger partial charge in [-0.3, -0.25) is 14.4 Å². The summed E-state index contributed by atoms with van der Waals surface area (Å²) in [4.78, 5) is 57.8. The second-order valence-corrected chi connectivity index (χ2v) is 10.1. The van der Waals surface area contributed by atoms with E-state index in [-0.39, 0.29) is 24.2 Å². The molecule has 2 aromatic rings. The molecule has 10 nitrogen and oxygen atoms in total. The zero-order valence-corrected chi connectivity index (χ0v) is 20.8. The normalized spacial score (nSPS) is 21.7. The Morgan fingerprint density at radius 3 is 2.44 bits per heavy atom. The van der Waals surface area contributed by atoms with E-state index in [1.165, 1.54) is 4.90 Å². The lowest BCUT2D eigenvalue weighted by Crippen LogP contribution is -2.57. The average Bonchev–Trinajstić information content (AvgIpc) is 3.62. The van der Waals surface area contributed by atoms with Gasteiger partial charge in [-0.15, -0.1) is 0 Å². The van der Waals surface area contributed by atoms with Crippen LogP contribution in [0.5, 0.6) is 0 Å². The molecule has 10 heteroatoms. The van der Waals surface area contributed by atoms with Crippen molar-refractivity contribution in [2.75, 3.05) is 13.1 Å². The fraction of sp³-hybridized carbons (Fsp3) is 0.538. The lowest BCUT2D eigenvalue weighted by Gasteiger charge is -2.33. The van der Waals surface area contributed by atoms with Crippen molar-refractivity contribution in [2.24, 2.45) is 11.7 Å². The quantitative estimate of drug-likeness (QED) is 0.431. The summed E-state index contributed by atoms with van der Waals surface area (Å²) < 4.78 is 0. The van der Waals surface area contributed by atoms with Gasteiger partial charge in [0.15, 0.2) is 0 Å². The molecular formula is C26H35N5O5. The van der Waals surface area contributed by atoms with E-state index in [0.29, 0.717) is 38.8 Å². The van der Waals surface area contributed by atoms with Gasteiger partial charge in [0, 0.05) is 36.6 Å². The first-order chi connectivity index (χ1) is 17.2. The smallest absolute Gasteiger partial charge is 0.326 e. The summed E-state index contributed by atoms with van der Waals surface area (Å²) in [5.74, 6) is -2.18. The number of carbonyl (C=O) groups is 4. The maximum atomic E-state index is 13.5. The van der Waals surface area contributed by atoms with Gasteiger partial charge in [-0.2, -0.15) is 0 Å². The predicted molar refractivity (Wildman–Crippen MR) is 134 cm³/mol. The number of amides is 3. The maximum absolute atomic E-state index is 13.5. The third-order valence-corrected chi connectivity index (χ3v) is 7.38. The minimum absolute atomic E-state index is 0.0516. The number of hydrogen-bond acceptors (Lipinski definition) is 5. The van der Waals surface area contributed by atoms with Crippen molar-refractivity contribution in [3.63, 3.8) is 0 Å². The van der Waals surface area contributed by atoms with Gasteiger partial charge in [-0.25, -0.2) is 4.79 Å². The first-order valence-corrected chi connectivity index (χ1v) is 12.6. The molecular weight excluding hydrogens is 462 g/mol. The number of para-hydroxylation sites is 1. The van der Waals surface area contributed by atoms with Crippen LogP contribution in [-0.2, 0) is 25.6 Å². The summed E-state index contributed by atoms with van der Waals surface area (Å²) in [6, 6.07) is 4.34. The highest BCUT2D eigenvalue weighted by molar-refractivity contribution is 5.95. The van der Waals surface area contributed by atoms with Crippen molar-refractivity contribution in [1.29, 1.82) is 0 Å². The standard InChI is InChI=1S/C26H35N5O5/c1-15(2)22(27)25(34)31-12-6-10-21(31)24(33)30-11-5-9-20(30)23(32)29-19(26(35)36)13-16-14-28-18-8-4-3-7-17(16)18/h3-4,7-8,14-15,19-22,28H,5-6,9-13,27H2,1-2H3,(H,29,32)(H,35,36). The number of fused-ring (bicyclic) bond motifs is 1. The molecule has 0 radical (unpaired) electrons. The van der Waals surface area contributed by atoms with Gasteiger partial charge < -0.3 is 30.9 Å². The number of aromatic amines is 1. The van der Waals surface area contributed by atoms with Crippen molar-refractivity contribution >= 4 is 34.6 Å². The topological polar surface area (TPSA) is 149 Å². The monoisotopic (exact) mass is 497 g/mol. The molecule has 194 valence electrons. The number of carbonyl (C=O) groups excluding carboxylic acids is 3. The zero-order valence-electron chi connectivity index (χ0n) is 20.8. The minimum Gasteiger partial charge on any atom is -0.480 e. The van der Waals surface area contributed by atoms with Crippen LogP contribution in [0.1, 0.15) is 45.1 Å². The predicted octanol–water partition coefficient (Wildman–Crippen LogP) is 1.25. The number of likely N-dealkylation sites (tertiary alicyclic amines) is 2. The summed E-state index contributed by atoms with van der Waals surface area (Å²) >= 11 is 0. The molecule has 4 unspecified atom stereocenters. The highest BCUT2D eigenvalue weighted by Gasteiger charge is 2.43. The summed E-state index contributed by atoms with van der Waals surface area (Å²) in [6.07, 6.45) is 4.18. The van der Waals surface area contributed by atoms with Crippen LogP contribution >= 0.6 is 0 Å². The van der Waals surface area contributed by atoms with Crippen LogP contribution in [-0.4, -0.2) is 80.8 Å². The largest absolute Gasteiger partial charge is 0.480 e. The molecule has 2 saturated heterocycles. The van der Waals surface area contributed by atoms with E-state index in [9.17, 15) is 24.3 Å². The molecule has 0 aliphatic carbocycles. The molecule has 4 rings (SSSR count). The summed E-state index contributed by atoms with van der Waals surface area (Å²) in [6.45, 7) is 4.59. The summed E-state index contributed by atoms with van der Waals surface area (Å²) in [5, 5.41) is 13.4. The van der Waals surface area contributed by atoms with Gasteiger partial charge in [0.1, 0.15) is 18.1 Å². The van der Waals surface area contributed by atoms with Gasteiger partial charge in [-0.1, -0.05) is 32.0 Å². The van der Waals surface area contributed by atoms with Crippen molar-refractivity contribution in [1.82, 2.24) is 20.1 Å². The molecule has 36 heavy (non-hydrogen) atoms. The Labute approximate surface area is 210 Å². The van der Waals surface area contributed by atoms with Crippen molar-refractivity contribution in [3.05, 3.63) is 36.0 Å². The fourth-order valence-corrected chi connectivity index (χ4v) is 5.25. The molecule has 0 bridgehead atoms. The molecule has 2 aliphatic rings. The number of aromatic nitrogens is 1. The molecule has 0 spiro atoms. The Morgan fingerprint density at radius 2 is 1.75 bits per heavy atom. The Balaban J connectivity index is 1.45. The van der Waals surface area contributed by atoms with Gasteiger partial charge in [0.05, 0.1) is 6.04 Å². The van der Waals surface area contributed by atoms with E-state index in [1.807, 2.05) is 38.1 Å². The van der Waals surface area contributed by atoms with Crippen molar-refractivity contribution in [3.8, 4) is 0 Å². The number of rotatable bonds is 8. The number of H-pyrrole nitrogens is 1. The number of carboxylic acids is 1. The van der Waals surface area contributed by atoms with Crippen molar-refractivity contribution in [2.45, 2.75) is 70.1 Å². The maximum Gasteiger partial charge on any atom is 0.326 e. The van der Waals surface area contributed by atoms with Crippen LogP contribution in [0.4, 0.5) is 0 Å². The number of benzene rings is 1. The Morgan fingerprint density at radius 1 is 1.08 bits per heavy atom. The number of nitrogens with two attached hydrogens (primary N) is 1. The molecule has 5 N–H and O–H groups in total. The second kappa shape index (κ2) is 10.7. The molecule has 3 amide bonds. The number of aliphatic carboxylic acids is 1. The molecule has 0 saturated carbocycles. The molecule has 3 heterocycles. The molecule has 1 aromatic heterocycles. The van der Waals surface area contributed by atoms with Crippen LogP contribution in [0.15, 0.2) is 30.5 Å². The van der Waals surface area contributed by atoms with E-state index >= 15 is 0 Å². The highest BCUT2D eigenvalue weighted by atomic mass is 16.4. The SMILES string of the molecule is CC(C)C(N)C(=O)N1CCCC1C(=O)N1CCCC1C(=O)NC(Cc1c[nH]c2ccccc12)C(=O)O. The summed E-state index contributed by atoms with van der Waals surface area (Å²) in [7, 11) is 0. The minimum atomic E-state index is -1.14. The number of nitrogens with one attached hydrogen (secondary N) is 2. The molecule has 1 aromatic carbocycles. The van der Waals surface area contributed by atoms with Crippen LogP contribution in [0, 0.1) is 5.92 Å². The molecule has 2 fully saturated rings. The highest BCUT2D eigenvalue weighted by Crippen LogP contribution is 2.26. The van der Waals surface area contributed by atoms with Gasteiger partial charge in [0.25, 0.3) is 0 Å². The fourth-order valence-electron chi connectivity index (χ4n) is 5.25. The van der Waals surface area contributed by atoms with Crippen LogP contribution in [0.25, 0.3) is 10.9 Å². The number of hydrogen-bond donors (Lipinski definition) is 4. The van der Waals surface area contributed by atoms with Crippen molar-refractivity contribution < 1.29 is 24.3 Å².